The number of alkyl halides is 3. The summed E-state index contributed by atoms with van der Waals surface area (Å²) < 4.78 is 58.3. The van der Waals surface area contributed by atoms with Crippen molar-refractivity contribution in [1.82, 2.24) is 9.78 Å². The lowest BCUT2D eigenvalue weighted by Gasteiger charge is -2.34. The van der Waals surface area contributed by atoms with Gasteiger partial charge in [-0.15, -0.1) is 0 Å². The number of nitrogens with one attached hydrogen (secondary N) is 2. The normalized spacial score (nSPS) is 17.4. The van der Waals surface area contributed by atoms with Crippen molar-refractivity contribution in [3.8, 4) is 17.2 Å². The average molecular weight is 476 g/mol. The Morgan fingerprint density at radius 1 is 1.09 bits per heavy atom. The third kappa shape index (κ3) is 4.45. The van der Waals surface area contributed by atoms with Gasteiger partial charge < -0.3 is 24.8 Å². The predicted octanol–water partition coefficient (Wildman–Crippen LogP) is 4.82. The second-order valence-electron chi connectivity index (χ2n) is 7.64. The molecule has 2 atom stereocenters. The number of nitrogens with zero attached hydrogens (tertiary/aromatic N) is 2. The molecule has 1 aliphatic rings. The summed E-state index contributed by atoms with van der Waals surface area (Å²) in [6.45, 7) is 0. The molecule has 0 unspecified atom stereocenters. The smallest absolute Gasteiger partial charge is 0.410 e. The number of carbonyl (C=O) groups excluding carboxylic acids is 1. The summed E-state index contributed by atoms with van der Waals surface area (Å²) in [5, 5.41) is 9.64. The maximum atomic E-state index is 13.9. The third-order valence-electron chi connectivity index (χ3n) is 5.64. The Bertz CT molecular complexity index is 1200. The van der Waals surface area contributed by atoms with Gasteiger partial charge in [-0.05, 0) is 29.8 Å². The van der Waals surface area contributed by atoms with Crippen LogP contribution in [0.4, 0.5) is 24.7 Å². The summed E-state index contributed by atoms with van der Waals surface area (Å²) in [5.41, 5.74) is 0.907. The topological polar surface area (TPSA) is 86.6 Å². The number of anilines is 2. The van der Waals surface area contributed by atoms with Crippen LogP contribution >= 0.6 is 0 Å². The highest BCUT2D eigenvalue weighted by Gasteiger charge is 2.47. The van der Waals surface area contributed by atoms with Crippen LogP contribution in [0.5, 0.6) is 17.2 Å². The summed E-state index contributed by atoms with van der Waals surface area (Å²) in [5.74, 6) is 0.722. The quantitative estimate of drug-likeness (QED) is 0.531. The van der Waals surface area contributed by atoms with Crippen molar-refractivity contribution in [1.29, 1.82) is 0 Å². The van der Waals surface area contributed by atoms with Crippen molar-refractivity contribution >= 4 is 17.4 Å². The number of hydrogen-bond acceptors (Lipinski definition) is 6. The summed E-state index contributed by atoms with van der Waals surface area (Å²) in [6, 6.07) is 8.96. The number of halogens is 3. The highest BCUT2D eigenvalue weighted by molar-refractivity contribution is 6.08. The molecule has 2 N–H and O–H groups in total. The lowest BCUT2D eigenvalue weighted by molar-refractivity contribution is -0.173. The minimum Gasteiger partial charge on any atom is -0.497 e. The van der Waals surface area contributed by atoms with Gasteiger partial charge in [0.2, 0.25) is 0 Å². The molecule has 2 heterocycles. The summed E-state index contributed by atoms with van der Waals surface area (Å²) in [4.78, 5) is 13.1. The second kappa shape index (κ2) is 9.16. The SMILES string of the molecule is COc1cccc([C@@H]2C[C@@H](C(F)(F)F)n3ncc(C(=O)Nc4ccc(OC)cc4OC)c3N2)c1. The maximum Gasteiger partial charge on any atom is 0.410 e. The van der Waals surface area contributed by atoms with Crippen molar-refractivity contribution in [2.45, 2.75) is 24.7 Å². The number of fused-ring (bicyclic) bond motifs is 1. The molecule has 0 spiro atoms. The third-order valence-corrected chi connectivity index (χ3v) is 5.64. The van der Waals surface area contributed by atoms with Gasteiger partial charge in [0.05, 0.1) is 39.3 Å². The molecule has 8 nitrogen and oxygen atoms in total. The number of amides is 1. The number of rotatable bonds is 6. The van der Waals surface area contributed by atoms with E-state index in [9.17, 15) is 18.0 Å². The highest BCUT2D eigenvalue weighted by Crippen LogP contribution is 2.44. The molecule has 0 aliphatic carbocycles. The van der Waals surface area contributed by atoms with Crippen molar-refractivity contribution in [2.75, 3.05) is 32.0 Å². The zero-order chi connectivity index (χ0) is 24.5. The van der Waals surface area contributed by atoms with E-state index in [2.05, 4.69) is 15.7 Å². The van der Waals surface area contributed by atoms with E-state index in [1.54, 1.807) is 42.5 Å². The van der Waals surface area contributed by atoms with Gasteiger partial charge in [0, 0.05) is 12.5 Å². The van der Waals surface area contributed by atoms with E-state index < -0.39 is 24.2 Å². The second-order valence-corrected chi connectivity index (χ2v) is 7.64. The van der Waals surface area contributed by atoms with Crippen LogP contribution in [0, 0.1) is 0 Å². The minimum atomic E-state index is -4.56. The average Bonchev–Trinajstić information content (AvgIpc) is 3.27. The molecule has 11 heteroatoms. The molecule has 34 heavy (non-hydrogen) atoms. The van der Waals surface area contributed by atoms with Crippen LogP contribution < -0.4 is 24.8 Å². The molecule has 0 radical (unpaired) electrons. The first-order chi connectivity index (χ1) is 16.2. The zero-order valence-electron chi connectivity index (χ0n) is 18.6. The maximum absolute atomic E-state index is 13.9. The van der Waals surface area contributed by atoms with Gasteiger partial charge in [0.15, 0.2) is 6.04 Å². The highest BCUT2D eigenvalue weighted by atomic mass is 19.4. The van der Waals surface area contributed by atoms with Crippen LogP contribution in [-0.4, -0.2) is 43.2 Å². The van der Waals surface area contributed by atoms with E-state index in [1.165, 1.54) is 21.3 Å². The fourth-order valence-electron chi connectivity index (χ4n) is 3.90. The van der Waals surface area contributed by atoms with E-state index >= 15 is 0 Å². The standard InChI is InChI=1S/C23H23F3N4O4/c1-32-14-6-4-5-13(9-14)18-11-20(23(24,25)26)30-21(28-18)16(12-27-30)22(31)29-17-8-7-15(33-2)10-19(17)34-3/h4-10,12,18,20,28H,11H2,1-3H3,(H,29,31)/t18-,20-/m0/s1. The molecule has 0 saturated carbocycles. The van der Waals surface area contributed by atoms with Crippen molar-refractivity contribution in [3.05, 3.63) is 59.8 Å². The number of methoxy groups -OCH3 is 3. The van der Waals surface area contributed by atoms with Crippen molar-refractivity contribution < 1.29 is 32.2 Å². The first-order valence-electron chi connectivity index (χ1n) is 10.3. The van der Waals surface area contributed by atoms with Gasteiger partial charge in [0.25, 0.3) is 5.91 Å². The van der Waals surface area contributed by atoms with E-state index in [1.807, 2.05) is 0 Å². The van der Waals surface area contributed by atoms with Crippen LogP contribution in [0.15, 0.2) is 48.7 Å². The summed E-state index contributed by atoms with van der Waals surface area (Å²) >= 11 is 0. The summed E-state index contributed by atoms with van der Waals surface area (Å²) in [7, 11) is 4.41. The van der Waals surface area contributed by atoms with Gasteiger partial charge in [-0.3, -0.25) is 4.79 Å². The molecule has 0 saturated heterocycles. The predicted molar refractivity (Wildman–Crippen MR) is 119 cm³/mol. The van der Waals surface area contributed by atoms with Gasteiger partial charge in [-0.1, -0.05) is 12.1 Å². The van der Waals surface area contributed by atoms with Crippen LogP contribution in [0.2, 0.25) is 0 Å². The largest absolute Gasteiger partial charge is 0.497 e. The Balaban J connectivity index is 1.69. The van der Waals surface area contributed by atoms with Crippen molar-refractivity contribution in [2.24, 2.45) is 0 Å². The molecular weight excluding hydrogens is 453 g/mol. The van der Waals surface area contributed by atoms with Gasteiger partial charge in [-0.25, -0.2) is 4.68 Å². The van der Waals surface area contributed by atoms with Crippen LogP contribution in [-0.2, 0) is 0 Å². The first-order valence-corrected chi connectivity index (χ1v) is 10.3. The van der Waals surface area contributed by atoms with Crippen molar-refractivity contribution in [3.63, 3.8) is 0 Å². The van der Waals surface area contributed by atoms with Gasteiger partial charge in [0.1, 0.15) is 28.6 Å². The monoisotopic (exact) mass is 476 g/mol. The molecule has 2 aromatic carbocycles. The Morgan fingerprint density at radius 3 is 2.50 bits per heavy atom. The molecule has 180 valence electrons. The van der Waals surface area contributed by atoms with E-state index in [-0.39, 0.29) is 17.8 Å². The molecule has 1 aromatic heterocycles. The molecule has 3 aromatic rings. The lowest BCUT2D eigenvalue weighted by atomic mass is 9.96. The fraction of sp³-hybridized carbons (Fsp3) is 0.304. The van der Waals surface area contributed by atoms with Gasteiger partial charge >= 0.3 is 6.18 Å². The molecule has 1 amide bonds. The zero-order valence-corrected chi connectivity index (χ0v) is 18.6. The molecule has 0 bridgehead atoms. The Labute approximate surface area is 193 Å². The van der Waals surface area contributed by atoms with E-state index in [0.29, 0.717) is 28.5 Å². The number of benzene rings is 2. The van der Waals surface area contributed by atoms with Crippen LogP contribution in [0.1, 0.15) is 34.4 Å². The molecule has 4 rings (SSSR count). The Morgan fingerprint density at radius 2 is 1.82 bits per heavy atom. The lowest BCUT2D eigenvalue weighted by Crippen LogP contribution is -2.36. The van der Waals surface area contributed by atoms with Crippen LogP contribution in [0.3, 0.4) is 0 Å². The number of carbonyl (C=O) groups is 1. The molecule has 0 fully saturated rings. The van der Waals surface area contributed by atoms with E-state index in [4.69, 9.17) is 14.2 Å². The Kier molecular flexibility index (Phi) is 6.27. The number of ether oxygens (including phenoxy) is 3. The number of hydrogen-bond donors (Lipinski definition) is 2. The molecular formula is C23H23F3N4O4. The summed E-state index contributed by atoms with van der Waals surface area (Å²) in [6.07, 6.45) is -3.73. The fourth-order valence-corrected chi connectivity index (χ4v) is 3.90. The Hall–Kier alpha value is -3.89. The first kappa shape index (κ1) is 23.3. The minimum absolute atomic E-state index is 0.0219. The number of aromatic nitrogens is 2. The van der Waals surface area contributed by atoms with Gasteiger partial charge in [-0.2, -0.15) is 18.3 Å². The van der Waals surface area contributed by atoms with E-state index in [0.717, 1.165) is 10.9 Å². The molecule has 1 aliphatic heterocycles. The van der Waals surface area contributed by atoms with Crippen LogP contribution in [0.25, 0.3) is 0 Å².